The number of nitrogens with one attached hydrogen (secondary N) is 1. The SMILES string of the molecule is C#Cc1ccc(C(=O)Nc2ccc(CCC3COC(N)=N3)cc2)cc1. The number of rotatable bonds is 5. The number of amidine groups is 1. The third-order valence-electron chi connectivity index (χ3n) is 4.03. The van der Waals surface area contributed by atoms with Gasteiger partial charge in [-0.15, -0.1) is 6.42 Å². The number of nitrogens with zero attached hydrogens (tertiary/aromatic N) is 1. The Morgan fingerprint density at radius 2 is 1.96 bits per heavy atom. The first kappa shape index (κ1) is 16.6. The van der Waals surface area contributed by atoms with E-state index in [2.05, 4.69) is 16.2 Å². The molecule has 1 amide bonds. The number of carbonyl (C=O) groups is 1. The zero-order valence-corrected chi connectivity index (χ0v) is 13.7. The van der Waals surface area contributed by atoms with Crippen LogP contribution in [0.15, 0.2) is 53.5 Å². The zero-order chi connectivity index (χ0) is 17.6. The van der Waals surface area contributed by atoms with Gasteiger partial charge < -0.3 is 15.8 Å². The van der Waals surface area contributed by atoms with E-state index >= 15 is 0 Å². The molecule has 2 aromatic carbocycles. The number of aliphatic imine (C=N–C) groups is 1. The quantitative estimate of drug-likeness (QED) is 0.826. The highest BCUT2D eigenvalue weighted by molar-refractivity contribution is 6.04. The van der Waals surface area contributed by atoms with Crippen molar-refractivity contribution in [1.82, 2.24) is 0 Å². The predicted molar refractivity (Wildman–Crippen MR) is 98.5 cm³/mol. The molecule has 1 aliphatic rings. The molecule has 1 aliphatic heterocycles. The highest BCUT2D eigenvalue weighted by atomic mass is 16.5. The molecule has 1 heterocycles. The number of hydrogen-bond acceptors (Lipinski definition) is 4. The van der Waals surface area contributed by atoms with Crippen LogP contribution in [-0.2, 0) is 11.2 Å². The summed E-state index contributed by atoms with van der Waals surface area (Å²) in [6.45, 7) is 0.554. The minimum Gasteiger partial charge on any atom is -0.463 e. The summed E-state index contributed by atoms with van der Waals surface area (Å²) in [6, 6.07) is 15.1. The van der Waals surface area contributed by atoms with E-state index in [0.29, 0.717) is 12.2 Å². The number of benzene rings is 2. The molecule has 0 saturated heterocycles. The maximum atomic E-state index is 12.2. The molecule has 0 fully saturated rings. The molecule has 126 valence electrons. The van der Waals surface area contributed by atoms with Gasteiger partial charge in [-0.3, -0.25) is 4.79 Å². The van der Waals surface area contributed by atoms with Gasteiger partial charge in [-0.05, 0) is 54.8 Å². The number of aryl methyl sites for hydroxylation is 1. The largest absolute Gasteiger partial charge is 0.463 e. The topological polar surface area (TPSA) is 76.7 Å². The Kier molecular flexibility index (Phi) is 5.00. The smallest absolute Gasteiger partial charge is 0.282 e. The number of amides is 1. The van der Waals surface area contributed by atoms with Crippen molar-refractivity contribution in [2.45, 2.75) is 18.9 Å². The minimum atomic E-state index is -0.163. The fraction of sp³-hybridized carbons (Fsp3) is 0.200. The van der Waals surface area contributed by atoms with Crippen LogP contribution in [0.3, 0.4) is 0 Å². The molecule has 1 atom stereocenters. The Hall–Kier alpha value is -3.26. The summed E-state index contributed by atoms with van der Waals surface area (Å²) >= 11 is 0. The Labute approximate surface area is 146 Å². The first-order valence-corrected chi connectivity index (χ1v) is 8.07. The van der Waals surface area contributed by atoms with Crippen LogP contribution in [0, 0.1) is 12.3 Å². The standard InChI is InChI=1S/C20H19N3O2/c1-2-14-3-8-16(9-4-14)19(24)22-17-10-5-15(6-11-17)7-12-18-13-25-20(21)23-18/h1,3-6,8-11,18H,7,12-13H2,(H2,21,23)(H,22,24). The van der Waals surface area contributed by atoms with Crippen LogP contribution >= 0.6 is 0 Å². The van der Waals surface area contributed by atoms with Crippen LogP contribution in [0.5, 0.6) is 0 Å². The lowest BCUT2D eigenvalue weighted by Crippen LogP contribution is -2.12. The minimum absolute atomic E-state index is 0.130. The van der Waals surface area contributed by atoms with Crippen molar-refractivity contribution < 1.29 is 9.53 Å². The van der Waals surface area contributed by atoms with Gasteiger partial charge in [0, 0.05) is 16.8 Å². The lowest BCUT2D eigenvalue weighted by molar-refractivity contribution is 0.102. The number of terminal acetylenes is 1. The molecule has 25 heavy (non-hydrogen) atoms. The summed E-state index contributed by atoms with van der Waals surface area (Å²) in [6.07, 6.45) is 7.08. The molecule has 0 bridgehead atoms. The van der Waals surface area contributed by atoms with Gasteiger partial charge in [-0.25, -0.2) is 4.99 Å². The molecule has 0 saturated carbocycles. The van der Waals surface area contributed by atoms with Crippen molar-refractivity contribution in [1.29, 1.82) is 0 Å². The number of ether oxygens (including phenoxy) is 1. The van der Waals surface area contributed by atoms with Crippen molar-refractivity contribution in [3.05, 3.63) is 65.2 Å². The van der Waals surface area contributed by atoms with Crippen LogP contribution < -0.4 is 11.1 Å². The van der Waals surface area contributed by atoms with Crippen LogP contribution in [-0.4, -0.2) is 24.6 Å². The fourth-order valence-corrected chi connectivity index (χ4v) is 2.59. The van der Waals surface area contributed by atoms with Crippen LogP contribution in [0.25, 0.3) is 0 Å². The van der Waals surface area contributed by atoms with Gasteiger partial charge in [0.2, 0.25) is 0 Å². The van der Waals surface area contributed by atoms with E-state index in [-0.39, 0.29) is 18.0 Å². The lowest BCUT2D eigenvalue weighted by atomic mass is 10.1. The molecule has 5 heteroatoms. The van der Waals surface area contributed by atoms with Crippen LogP contribution in [0.1, 0.15) is 27.9 Å². The van der Waals surface area contributed by atoms with Crippen molar-refractivity contribution in [2.24, 2.45) is 10.7 Å². The van der Waals surface area contributed by atoms with Gasteiger partial charge in [0.1, 0.15) is 6.61 Å². The second-order valence-corrected chi connectivity index (χ2v) is 5.84. The highest BCUT2D eigenvalue weighted by Gasteiger charge is 2.16. The molecule has 0 spiro atoms. The number of anilines is 1. The zero-order valence-electron chi connectivity index (χ0n) is 13.7. The van der Waals surface area contributed by atoms with E-state index < -0.39 is 0 Å². The second-order valence-electron chi connectivity index (χ2n) is 5.84. The van der Waals surface area contributed by atoms with Crippen molar-refractivity contribution >= 4 is 17.6 Å². The Balaban J connectivity index is 1.54. The predicted octanol–water partition coefficient (Wildman–Crippen LogP) is 2.57. The molecule has 1 unspecified atom stereocenters. The number of carbonyl (C=O) groups excluding carboxylic acids is 1. The molecule has 3 rings (SSSR count). The summed E-state index contributed by atoms with van der Waals surface area (Å²) in [5.41, 5.74) is 8.75. The Bertz CT molecular complexity index is 818. The van der Waals surface area contributed by atoms with E-state index in [9.17, 15) is 4.79 Å². The van der Waals surface area contributed by atoms with Crippen LogP contribution in [0.4, 0.5) is 5.69 Å². The van der Waals surface area contributed by atoms with Gasteiger partial charge in [0.25, 0.3) is 11.9 Å². The first-order valence-electron chi connectivity index (χ1n) is 8.07. The van der Waals surface area contributed by atoms with E-state index in [1.807, 2.05) is 24.3 Å². The van der Waals surface area contributed by atoms with E-state index in [1.54, 1.807) is 24.3 Å². The Morgan fingerprint density at radius 3 is 2.56 bits per heavy atom. The summed E-state index contributed by atoms with van der Waals surface area (Å²) in [5.74, 6) is 2.37. The highest BCUT2D eigenvalue weighted by Crippen LogP contribution is 2.15. The average molecular weight is 333 g/mol. The van der Waals surface area contributed by atoms with Gasteiger partial charge in [-0.2, -0.15) is 0 Å². The van der Waals surface area contributed by atoms with Crippen molar-refractivity contribution in [3.63, 3.8) is 0 Å². The molecule has 2 aromatic rings. The van der Waals surface area contributed by atoms with Crippen molar-refractivity contribution in [2.75, 3.05) is 11.9 Å². The molecule has 3 N–H and O–H groups in total. The molecular weight excluding hydrogens is 314 g/mol. The second kappa shape index (κ2) is 7.54. The lowest BCUT2D eigenvalue weighted by Gasteiger charge is -2.08. The third kappa shape index (κ3) is 4.39. The normalized spacial score (nSPS) is 15.8. The van der Waals surface area contributed by atoms with Crippen molar-refractivity contribution in [3.8, 4) is 12.3 Å². The van der Waals surface area contributed by atoms with E-state index in [1.165, 1.54) is 5.56 Å². The Morgan fingerprint density at radius 1 is 1.24 bits per heavy atom. The van der Waals surface area contributed by atoms with E-state index in [4.69, 9.17) is 16.9 Å². The summed E-state index contributed by atoms with van der Waals surface area (Å²) in [7, 11) is 0. The molecular formula is C20H19N3O2. The first-order chi connectivity index (χ1) is 12.1. The summed E-state index contributed by atoms with van der Waals surface area (Å²) < 4.78 is 5.14. The average Bonchev–Trinajstić information content (AvgIpc) is 3.06. The van der Waals surface area contributed by atoms with Gasteiger partial charge >= 0.3 is 0 Å². The molecule has 0 radical (unpaired) electrons. The number of hydrogen-bond donors (Lipinski definition) is 2. The summed E-state index contributed by atoms with van der Waals surface area (Å²) in [4.78, 5) is 16.4. The van der Waals surface area contributed by atoms with E-state index in [0.717, 1.165) is 24.1 Å². The van der Waals surface area contributed by atoms with Gasteiger partial charge in [0.15, 0.2) is 0 Å². The molecule has 0 aromatic heterocycles. The monoisotopic (exact) mass is 333 g/mol. The molecule has 5 nitrogen and oxygen atoms in total. The van der Waals surface area contributed by atoms with Gasteiger partial charge in [-0.1, -0.05) is 18.1 Å². The maximum Gasteiger partial charge on any atom is 0.282 e. The maximum absolute atomic E-state index is 12.2. The number of nitrogens with two attached hydrogens (primary N) is 1. The van der Waals surface area contributed by atoms with Gasteiger partial charge in [0.05, 0.1) is 6.04 Å². The fourth-order valence-electron chi connectivity index (χ4n) is 2.59. The third-order valence-corrected chi connectivity index (χ3v) is 4.03. The molecule has 0 aliphatic carbocycles. The summed E-state index contributed by atoms with van der Waals surface area (Å²) in [5, 5.41) is 2.88. The van der Waals surface area contributed by atoms with Crippen LogP contribution in [0.2, 0.25) is 0 Å².